The van der Waals surface area contributed by atoms with Gasteiger partial charge in [-0.25, -0.2) is 18.3 Å². The van der Waals surface area contributed by atoms with Crippen LogP contribution in [-0.4, -0.2) is 126 Å². The number of hydrogen-bond donors (Lipinski definition) is 1. The first-order valence-electron chi connectivity index (χ1n) is 16.6. The Kier molecular flexibility index (Phi) is 9.37. The number of anilines is 1. The number of carbonyl (C=O) groups excluding carboxylic acids is 1. The lowest BCUT2D eigenvalue weighted by Crippen LogP contribution is -2.62. The normalized spacial score (nSPS) is 23.8. The number of aromatic nitrogens is 3. The number of halogens is 1. The maximum atomic E-state index is 14.4. The Hall–Kier alpha value is -3.16. The Morgan fingerprint density at radius 3 is 2.65 bits per heavy atom. The molecule has 1 N–H and O–H groups in total. The van der Waals surface area contributed by atoms with Gasteiger partial charge >= 0.3 is 5.69 Å². The number of nitrogens with zero attached hydrogens (tertiary/aromatic N) is 7. The highest BCUT2D eigenvalue weighted by Crippen LogP contribution is 2.42. The van der Waals surface area contributed by atoms with Crippen molar-refractivity contribution in [3.8, 4) is 0 Å². The molecule has 2 aromatic heterocycles. The molecule has 250 valence electrons. The fourth-order valence-electron chi connectivity index (χ4n) is 7.22. The zero-order chi connectivity index (χ0) is 32.7. The van der Waals surface area contributed by atoms with Crippen LogP contribution in [0.3, 0.4) is 0 Å². The van der Waals surface area contributed by atoms with E-state index in [-0.39, 0.29) is 29.5 Å². The van der Waals surface area contributed by atoms with E-state index in [1.54, 1.807) is 16.5 Å². The van der Waals surface area contributed by atoms with Crippen molar-refractivity contribution in [2.75, 3.05) is 78.0 Å². The van der Waals surface area contributed by atoms with E-state index in [9.17, 15) is 14.0 Å². The van der Waals surface area contributed by atoms with Gasteiger partial charge in [0, 0.05) is 74.8 Å². The predicted molar refractivity (Wildman–Crippen MR) is 177 cm³/mol. The molecule has 3 atom stereocenters. The average Bonchev–Trinajstić information content (AvgIpc) is 3.48. The number of hydrogen-bond acceptors (Lipinski definition) is 8. The van der Waals surface area contributed by atoms with Crippen LogP contribution in [0.4, 0.5) is 10.1 Å². The number of likely N-dealkylation sites (N-methyl/N-ethyl adjacent to an activating group) is 1. The van der Waals surface area contributed by atoms with Crippen LogP contribution in [0.15, 0.2) is 35.1 Å². The van der Waals surface area contributed by atoms with E-state index in [0.717, 1.165) is 61.9 Å². The zero-order valence-corrected chi connectivity index (χ0v) is 28.1. The molecule has 46 heavy (non-hydrogen) atoms. The summed E-state index contributed by atoms with van der Waals surface area (Å²) in [6.07, 6.45) is 0.457. The summed E-state index contributed by atoms with van der Waals surface area (Å²) in [4.78, 5) is 37.1. The van der Waals surface area contributed by atoms with Gasteiger partial charge in [-0.1, -0.05) is 26.0 Å². The SMILES string of the molecule is C[C@@H]1CN(CC(=O)N2CC(C)(C)c3c2cc(Cc2ccc(F)cc2)c2nn(CCN(C)C)c(=O)n32)[C@@H](CN2CCOC[C@H]2C)CN1. The van der Waals surface area contributed by atoms with Crippen molar-refractivity contribution in [1.29, 1.82) is 0 Å². The first kappa shape index (κ1) is 32.8. The maximum Gasteiger partial charge on any atom is 0.350 e. The van der Waals surface area contributed by atoms with Crippen molar-refractivity contribution >= 4 is 17.2 Å². The molecule has 3 aromatic rings. The molecule has 0 aliphatic carbocycles. The van der Waals surface area contributed by atoms with Gasteiger partial charge in [0.25, 0.3) is 0 Å². The van der Waals surface area contributed by atoms with Gasteiger partial charge in [0.05, 0.1) is 37.7 Å². The van der Waals surface area contributed by atoms with Crippen LogP contribution in [0.2, 0.25) is 0 Å². The van der Waals surface area contributed by atoms with Crippen molar-refractivity contribution in [2.45, 2.75) is 64.2 Å². The van der Waals surface area contributed by atoms with Crippen LogP contribution < -0.4 is 15.9 Å². The number of piperazine rings is 1. The number of morpholine rings is 1. The summed E-state index contributed by atoms with van der Waals surface area (Å²) in [6.45, 7) is 15.3. The lowest BCUT2D eigenvalue weighted by atomic mass is 9.90. The van der Waals surface area contributed by atoms with Gasteiger partial charge in [-0.2, -0.15) is 0 Å². The van der Waals surface area contributed by atoms with Crippen molar-refractivity contribution in [3.63, 3.8) is 0 Å². The second kappa shape index (κ2) is 13.2. The Labute approximate surface area is 270 Å². The summed E-state index contributed by atoms with van der Waals surface area (Å²) in [7, 11) is 3.94. The van der Waals surface area contributed by atoms with E-state index in [1.165, 1.54) is 16.8 Å². The summed E-state index contributed by atoms with van der Waals surface area (Å²) in [5.41, 5.74) is 3.22. The lowest BCUT2D eigenvalue weighted by Gasteiger charge is -2.43. The van der Waals surface area contributed by atoms with Crippen molar-refractivity contribution in [3.05, 3.63) is 63.5 Å². The third kappa shape index (κ3) is 6.64. The van der Waals surface area contributed by atoms with Crippen LogP contribution in [0.1, 0.15) is 44.5 Å². The van der Waals surface area contributed by atoms with E-state index < -0.39 is 5.41 Å². The minimum absolute atomic E-state index is 0.0288. The lowest BCUT2D eigenvalue weighted by molar-refractivity contribution is -0.121. The predicted octanol–water partition coefficient (Wildman–Crippen LogP) is 1.79. The second-order valence-corrected chi connectivity index (χ2v) is 14.3. The molecule has 11 nitrogen and oxygen atoms in total. The summed E-state index contributed by atoms with van der Waals surface area (Å²) >= 11 is 0. The highest BCUT2D eigenvalue weighted by Gasteiger charge is 2.43. The molecule has 5 heterocycles. The molecule has 6 rings (SSSR count). The zero-order valence-electron chi connectivity index (χ0n) is 28.1. The number of pyridine rings is 1. The van der Waals surface area contributed by atoms with Crippen molar-refractivity contribution < 1.29 is 13.9 Å². The first-order chi connectivity index (χ1) is 21.9. The average molecular weight is 637 g/mol. The second-order valence-electron chi connectivity index (χ2n) is 14.3. The van der Waals surface area contributed by atoms with Crippen molar-refractivity contribution in [1.82, 2.24) is 34.2 Å². The van der Waals surface area contributed by atoms with Gasteiger partial charge in [-0.05, 0) is 51.7 Å². The third-order valence-electron chi connectivity index (χ3n) is 9.77. The number of nitrogens with one attached hydrogen (secondary N) is 1. The standard InChI is InChI=1S/C34H49FN8O3/c1-23-18-40(28(17-36-23)19-39-13-14-46-21-24(39)2)20-30(44)41-22-34(3,4)31-29(41)16-26(15-25-7-9-27(35)10-8-25)32-37-42(12-11-38(5)6)33(45)43(31)32/h7-10,16,23-24,28,36H,11-15,17-22H2,1-6H3/t23-,24-,28-/m1/s1. The molecule has 1 aromatic carbocycles. The summed E-state index contributed by atoms with van der Waals surface area (Å²) in [5.74, 6) is -0.268. The Balaban J connectivity index is 1.36. The van der Waals surface area contributed by atoms with Gasteiger partial charge in [0.15, 0.2) is 5.65 Å². The molecule has 2 fully saturated rings. The van der Waals surface area contributed by atoms with E-state index >= 15 is 0 Å². The smallest absolute Gasteiger partial charge is 0.350 e. The summed E-state index contributed by atoms with van der Waals surface area (Å²) in [5, 5.41) is 8.44. The molecule has 3 aliphatic rings. The Bertz CT molecular complexity index is 1620. The summed E-state index contributed by atoms with van der Waals surface area (Å²) in [6, 6.07) is 9.27. The van der Waals surface area contributed by atoms with Crippen LogP contribution in [-0.2, 0) is 27.9 Å². The number of rotatable bonds is 9. The number of fused-ring (bicyclic) bond motifs is 3. The molecule has 1 amide bonds. The Morgan fingerprint density at radius 1 is 1.17 bits per heavy atom. The fraction of sp³-hybridized carbons (Fsp3) is 0.618. The van der Waals surface area contributed by atoms with Gasteiger partial charge in [-0.15, -0.1) is 5.10 Å². The Morgan fingerprint density at radius 2 is 1.93 bits per heavy atom. The molecule has 0 unspecified atom stereocenters. The molecule has 0 radical (unpaired) electrons. The topological polar surface area (TPSA) is 90.6 Å². The number of ether oxygens (including phenoxy) is 1. The molecule has 0 bridgehead atoms. The maximum absolute atomic E-state index is 14.4. The van der Waals surface area contributed by atoms with Crippen LogP contribution in [0, 0.1) is 5.82 Å². The van der Waals surface area contributed by atoms with E-state index in [0.29, 0.717) is 44.3 Å². The van der Waals surface area contributed by atoms with E-state index in [4.69, 9.17) is 9.84 Å². The van der Waals surface area contributed by atoms with Gasteiger partial charge in [0.2, 0.25) is 5.91 Å². The molecule has 0 saturated carbocycles. The van der Waals surface area contributed by atoms with E-state index in [2.05, 4.69) is 42.8 Å². The molecule has 12 heteroatoms. The first-order valence-corrected chi connectivity index (χ1v) is 16.6. The minimum atomic E-state index is -0.476. The van der Waals surface area contributed by atoms with Gasteiger partial charge < -0.3 is 19.9 Å². The molecule has 2 saturated heterocycles. The molecule has 0 spiro atoms. The number of carbonyl (C=O) groups is 1. The van der Waals surface area contributed by atoms with E-state index in [1.807, 2.05) is 30.0 Å². The largest absolute Gasteiger partial charge is 0.379 e. The van der Waals surface area contributed by atoms with Gasteiger partial charge in [0.1, 0.15) is 5.82 Å². The third-order valence-corrected chi connectivity index (χ3v) is 9.77. The number of amides is 1. The number of benzene rings is 1. The van der Waals surface area contributed by atoms with Gasteiger partial charge in [-0.3, -0.25) is 14.6 Å². The highest BCUT2D eigenvalue weighted by molar-refractivity contribution is 5.97. The minimum Gasteiger partial charge on any atom is -0.379 e. The van der Waals surface area contributed by atoms with Crippen LogP contribution >= 0.6 is 0 Å². The molecular weight excluding hydrogens is 587 g/mol. The quantitative estimate of drug-likeness (QED) is 0.381. The van der Waals surface area contributed by atoms with Crippen molar-refractivity contribution in [2.24, 2.45) is 0 Å². The summed E-state index contributed by atoms with van der Waals surface area (Å²) < 4.78 is 22.7. The fourth-order valence-corrected chi connectivity index (χ4v) is 7.22. The molecular formula is C34H49FN8O3. The highest BCUT2D eigenvalue weighted by atomic mass is 19.1. The molecule has 3 aliphatic heterocycles. The monoisotopic (exact) mass is 636 g/mol. The van der Waals surface area contributed by atoms with Crippen LogP contribution in [0.25, 0.3) is 5.65 Å². The van der Waals surface area contributed by atoms with Crippen LogP contribution in [0.5, 0.6) is 0 Å².